The number of aromatic nitrogens is 3. The van der Waals surface area contributed by atoms with Gasteiger partial charge in [0.1, 0.15) is 11.4 Å². The second-order valence-electron chi connectivity index (χ2n) is 5.36. The first kappa shape index (κ1) is 16.8. The number of carbonyl (C=O) groups is 2. The van der Waals surface area contributed by atoms with Gasteiger partial charge in [-0.1, -0.05) is 17.7 Å². The molecule has 0 bridgehead atoms. The zero-order valence-electron chi connectivity index (χ0n) is 12.9. The van der Waals surface area contributed by atoms with E-state index in [0.29, 0.717) is 12.1 Å². The molecule has 3 N–H and O–H groups in total. The van der Waals surface area contributed by atoms with E-state index in [9.17, 15) is 14.0 Å². The molecule has 128 valence electrons. The SMILES string of the molecule is NC(=O)CNC(=O)c1cnn2cc(Cc3ccc(F)c(Cl)c3)cnc12. The molecular formula is C16H13ClFN5O2. The van der Waals surface area contributed by atoms with Gasteiger partial charge in [0.15, 0.2) is 5.65 Å². The van der Waals surface area contributed by atoms with E-state index in [2.05, 4.69) is 15.4 Å². The molecule has 2 heterocycles. The van der Waals surface area contributed by atoms with Crippen LogP contribution in [0.15, 0.2) is 36.8 Å². The van der Waals surface area contributed by atoms with E-state index in [0.717, 1.165) is 11.1 Å². The summed E-state index contributed by atoms with van der Waals surface area (Å²) in [5, 5.41) is 6.53. The Kier molecular flexibility index (Phi) is 4.62. The Hall–Kier alpha value is -3.00. The number of hydrogen-bond acceptors (Lipinski definition) is 4. The molecule has 0 aliphatic rings. The molecule has 2 aromatic heterocycles. The van der Waals surface area contributed by atoms with Crippen molar-refractivity contribution in [3.63, 3.8) is 0 Å². The first-order valence-electron chi connectivity index (χ1n) is 7.26. The second kappa shape index (κ2) is 6.86. The Balaban J connectivity index is 1.82. The number of hydrogen-bond donors (Lipinski definition) is 2. The van der Waals surface area contributed by atoms with E-state index < -0.39 is 17.6 Å². The molecule has 3 rings (SSSR count). The van der Waals surface area contributed by atoms with Crippen LogP contribution in [-0.2, 0) is 11.2 Å². The Labute approximate surface area is 146 Å². The predicted molar refractivity (Wildman–Crippen MR) is 88.7 cm³/mol. The highest BCUT2D eigenvalue weighted by molar-refractivity contribution is 6.30. The number of nitrogens with one attached hydrogen (secondary N) is 1. The van der Waals surface area contributed by atoms with E-state index in [1.54, 1.807) is 24.5 Å². The number of nitrogens with zero attached hydrogens (tertiary/aromatic N) is 3. The standard InChI is InChI=1S/C16H13ClFN5O2/c17-12-4-9(1-2-13(12)18)3-10-5-20-15-11(6-22-23(15)8-10)16(25)21-7-14(19)24/h1-2,4-6,8H,3,7H2,(H2,19,24)(H,21,25). The molecule has 7 nitrogen and oxygen atoms in total. The first-order valence-corrected chi connectivity index (χ1v) is 7.64. The van der Waals surface area contributed by atoms with E-state index in [1.165, 1.54) is 16.8 Å². The van der Waals surface area contributed by atoms with Gasteiger partial charge in [-0.15, -0.1) is 0 Å². The zero-order chi connectivity index (χ0) is 18.0. The molecular weight excluding hydrogens is 349 g/mol. The summed E-state index contributed by atoms with van der Waals surface area (Å²) < 4.78 is 14.7. The maximum Gasteiger partial charge on any atom is 0.257 e. The summed E-state index contributed by atoms with van der Waals surface area (Å²) in [6.45, 7) is -0.264. The number of primary amides is 1. The summed E-state index contributed by atoms with van der Waals surface area (Å²) >= 11 is 5.78. The van der Waals surface area contributed by atoms with E-state index in [4.69, 9.17) is 17.3 Å². The van der Waals surface area contributed by atoms with Crippen LogP contribution >= 0.6 is 11.6 Å². The molecule has 0 atom stereocenters. The summed E-state index contributed by atoms with van der Waals surface area (Å²) in [6, 6.07) is 4.49. The Bertz CT molecular complexity index is 972. The molecule has 0 saturated carbocycles. The van der Waals surface area contributed by atoms with Gasteiger partial charge in [0, 0.05) is 18.8 Å². The Morgan fingerprint density at radius 3 is 2.80 bits per heavy atom. The van der Waals surface area contributed by atoms with E-state index in [-0.39, 0.29) is 17.1 Å². The maximum atomic E-state index is 13.2. The minimum Gasteiger partial charge on any atom is -0.368 e. The number of fused-ring (bicyclic) bond motifs is 1. The molecule has 3 aromatic rings. The average Bonchev–Trinajstić information content (AvgIpc) is 2.99. The number of halogens is 2. The summed E-state index contributed by atoms with van der Waals surface area (Å²) in [5.74, 6) is -1.60. The zero-order valence-corrected chi connectivity index (χ0v) is 13.6. The van der Waals surface area contributed by atoms with Gasteiger partial charge >= 0.3 is 0 Å². The topological polar surface area (TPSA) is 102 Å². The first-order chi connectivity index (χ1) is 11.9. The summed E-state index contributed by atoms with van der Waals surface area (Å²) in [6.07, 6.45) is 5.15. The van der Waals surface area contributed by atoms with Crippen LogP contribution in [0.3, 0.4) is 0 Å². The number of rotatable bonds is 5. The molecule has 25 heavy (non-hydrogen) atoms. The lowest BCUT2D eigenvalue weighted by Gasteiger charge is -2.04. The van der Waals surface area contributed by atoms with Crippen LogP contribution < -0.4 is 11.1 Å². The number of carbonyl (C=O) groups excluding carboxylic acids is 2. The van der Waals surface area contributed by atoms with Crippen LogP contribution in [0, 0.1) is 5.82 Å². The van der Waals surface area contributed by atoms with Crippen molar-refractivity contribution in [3.05, 3.63) is 64.3 Å². The Morgan fingerprint density at radius 1 is 1.28 bits per heavy atom. The molecule has 9 heteroatoms. The van der Waals surface area contributed by atoms with Crippen LogP contribution in [0.1, 0.15) is 21.5 Å². The van der Waals surface area contributed by atoms with Crippen molar-refractivity contribution < 1.29 is 14.0 Å². The molecule has 0 aliphatic heterocycles. The fourth-order valence-electron chi connectivity index (χ4n) is 2.31. The monoisotopic (exact) mass is 361 g/mol. The van der Waals surface area contributed by atoms with Crippen molar-refractivity contribution in [2.75, 3.05) is 6.54 Å². The number of amides is 2. The van der Waals surface area contributed by atoms with Gasteiger partial charge in [0.05, 0.1) is 17.8 Å². The average molecular weight is 362 g/mol. The molecule has 0 spiro atoms. The minimum atomic E-state index is -0.641. The highest BCUT2D eigenvalue weighted by Gasteiger charge is 2.14. The molecule has 0 fully saturated rings. The van der Waals surface area contributed by atoms with Crippen LogP contribution in [0.25, 0.3) is 5.65 Å². The summed E-state index contributed by atoms with van der Waals surface area (Å²) in [5.41, 5.74) is 7.21. The molecule has 0 aliphatic carbocycles. The molecule has 0 radical (unpaired) electrons. The number of nitrogens with two attached hydrogens (primary N) is 1. The lowest BCUT2D eigenvalue weighted by Crippen LogP contribution is -2.33. The van der Waals surface area contributed by atoms with Crippen molar-refractivity contribution in [1.29, 1.82) is 0 Å². The van der Waals surface area contributed by atoms with E-state index in [1.807, 2.05) is 0 Å². The van der Waals surface area contributed by atoms with Gasteiger partial charge in [-0.05, 0) is 23.3 Å². The van der Waals surface area contributed by atoms with Crippen LogP contribution in [0.4, 0.5) is 4.39 Å². The van der Waals surface area contributed by atoms with E-state index >= 15 is 0 Å². The third-order valence-corrected chi connectivity index (χ3v) is 3.76. The predicted octanol–water partition coefficient (Wildman–Crippen LogP) is 1.33. The van der Waals surface area contributed by atoms with Crippen molar-refractivity contribution in [2.45, 2.75) is 6.42 Å². The van der Waals surface area contributed by atoms with Gasteiger partial charge in [-0.25, -0.2) is 13.9 Å². The van der Waals surface area contributed by atoms with Crippen LogP contribution in [0.5, 0.6) is 0 Å². The summed E-state index contributed by atoms with van der Waals surface area (Å²) in [7, 11) is 0. The Morgan fingerprint density at radius 2 is 2.08 bits per heavy atom. The third-order valence-electron chi connectivity index (χ3n) is 3.47. The van der Waals surface area contributed by atoms with Crippen molar-refractivity contribution in [3.8, 4) is 0 Å². The third kappa shape index (κ3) is 3.74. The minimum absolute atomic E-state index is 0.0547. The van der Waals surface area contributed by atoms with Gasteiger partial charge in [0.2, 0.25) is 5.91 Å². The fourth-order valence-corrected chi connectivity index (χ4v) is 2.52. The smallest absolute Gasteiger partial charge is 0.257 e. The quantitative estimate of drug-likeness (QED) is 0.715. The highest BCUT2D eigenvalue weighted by Crippen LogP contribution is 2.18. The van der Waals surface area contributed by atoms with Crippen molar-refractivity contribution in [2.24, 2.45) is 5.73 Å². The molecule has 0 unspecified atom stereocenters. The number of benzene rings is 1. The van der Waals surface area contributed by atoms with Crippen molar-refractivity contribution >= 4 is 29.1 Å². The van der Waals surface area contributed by atoms with Gasteiger partial charge in [-0.3, -0.25) is 9.59 Å². The van der Waals surface area contributed by atoms with Crippen LogP contribution in [-0.4, -0.2) is 33.0 Å². The summed E-state index contributed by atoms with van der Waals surface area (Å²) in [4.78, 5) is 27.0. The molecule has 1 aromatic carbocycles. The second-order valence-corrected chi connectivity index (χ2v) is 5.77. The van der Waals surface area contributed by atoms with Gasteiger partial charge in [-0.2, -0.15) is 5.10 Å². The lowest BCUT2D eigenvalue weighted by molar-refractivity contribution is -0.117. The highest BCUT2D eigenvalue weighted by atomic mass is 35.5. The lowest BCUT2D eigenvalue weighted by atomic mass is 10.1. The van der Waals surface area contributed by atoms with Gasteiger partial charge in [0.25, 0.3) is 5.91 Å². The molecule has 0 saturated heterocycles. The fraction of sp³-hybridized carbons (Fsp3) is 0.125. The maximum absolute atomic E-state index is 13.2. The largest absolute Gasteiger partial charge is 0.368 e. The normalized spacial score (nSPS) is 10.8. The molecule has 2 amide bonds. The van der Waals surface area contributed by atoms with Crippen molar-refractivity contribution in [1.82, 2.24) is 19.9 Å². The van der Waals surface area contributed by atoms with Crippen LogP contribution in [0.2, 0.25) is 5.02 Å². The van der Waals surface area contributed by atoms with Gasteiger partial charge < -0.3 is 11.1 Å².